The van der Waals surface area contributed by atoms with Gasteiger partial charge in [-0.25, -0.2) is 8.42 Å². The number of nitrogens with one attached hydrogen (secondary N) is 2. The minimum absolute atomic E-state index is 0.0403. The molecule has 9 heteroatoms. The molecule has 0 bridgehead atoms. The lowest BCUT2D eigenvalue weighted by molar-refractivity contribution is -0.0504. The van der Waals surface area contributed by atoms with E-state index in [4.69, 9.17) is 0 Å². The van der Waals surface area contributed by atoms with Gasteiger partial charge in [0.25, 0.3) is 0 Å². The summed E-state index contributed by atoms with van der Waals surface area (Å²) < 4.78 is 52.9. The topological polar surface area (TPSA) is 79.8 Å². The third-order valence-corrected chi connectivity index (χ3v) is 6.31. The van der Waals surface area contributed by atoms with E-state index in [-0.39, 0.29) is 24.6 Å². The fourth-order valence-corrected chi connectivity index (χ4v) is 3.05. The van der Waals surface area contributed by atoms with Crippen molar-refractivity contribution in [3.05, 3.63) is 29.3 Å². The highest BCUT2D eigenvalue weighted by Gasteiger charge is 2.28. The summed E-state index contributed by atoms with van der Waals surface area (Å²) in [5.74, 6) is 0.420. The molecule has 0 aromatic heterocycles. The molecule has 1 aromatic rings. The van der Waals surface area contributed by atoms with Crippen LogP contribution in [0.1, 0.15) is 31.9 Å². The van der Waals surface area contributed by atoms with Crippen LogP contribution in [0.4, 0.5) is 8.78 Å². The van der Waals surface area contributed by atoms with Crippen molar-refractivity contribution in [3.63, 3.8) is 0 Å². The molecule has 0 amide bonds. The summed E-state index contributed by atoms with van der Waals surface area (Å²) in [4.78, 5) is 4.01. The molecular weight excluding hydrogens is 364 g/mol. The Bertz CT molecular complexity index is 729. The standard InChI is InChI=1S/C17H27F2N3O3S/c1-12-6-7-14(25-15(18)19)13(10-12)11-22-16(20-5)21-8-9-26(23,24)17(2,3)4/h6-7,10,15H,8-9,11H2,1-5H3,(H2,20,21,22). The van der Waals surface area contributed by atoms with Crippen molar-refractivity contribution in [2.45, 2.75) is 45.6 Å². The molecular formula is C17H27F2N3O3S. The van der Waals surface area contributed by atoms with Gasteiger partial charge in [0.05, 0.1) is 10.5 Å². The van der Waals surface area contributed by atoms with Gasteiger partial charge in [-0.05, 0) is 33.8 Å². The van der Waals surface area contributed by atoms with Gasteiger partial charge >= 0.3 is 6.61 Å². The monoisotopic (exact) mass is 391 g/mol. The van der Waals surface area contributed by atoms with E-state index < -0.39 is 21.2 Å². The van der Waals surface area contributed by atoms with Gasteiger partial charge in [-0.2, -0.15) is 8.78 Å². The maximum atomic E-state index is 12.5. The predicted octanol–water partition coefficient (Wildman–Crippen LogP) is 2.47. The number of alkyl halides is 2. The normalized spacial score (nSPS) is 13.0. The minimum atomic E-state index is -3.24. The van der Waals surface area contributed by atoms with E-state index in [9.17, 15) is 17.2 Å². The molecule has 26 heavy (non-hydrogen) atoms. The molecule has 6 nitrogen and oxygen atoms in total. The van der Waals surface area contributed by atoms with Gasteiger partial charge in [0.15, 0.2) is 15.8 Å². The van der Waals surface area contributed by atoms with E-state index in [0.29, 0.717) is 11.5 Å². The number of hydrogen-bond donors (Lipinski definition) is 2. The first-order chi connectivity index (χ1) is 12.0. The van der Waals surface area contributed by atoms with Gasteiger partial charge in [0.1, 0.15) is 5.75 Å². The Morgan fingerprint density at radius 2 is 1.92 bits per heavy atom. The van der Waals surface area contributed by atoms with Crippen LogP contribution >= 0.6 is 0 Å². The molecule has 148 valence electrons. The highest BCUT2D eigenvalue weighted by atomic mass is 32.2. The maximum Gasteiger partial charge on any atom is 0.387 e. The van der Waals surface area contributed by atoms with Crippen LogP contribution < -0.4 is 15.4 Å². The van der Waals surface area contributed by atoms with Crippen LogP contribution in [0.25, 0.3) is 0 Å². The first-order valence-corrected chi connectivity index (χ1v) is 9.82. The lowest BCUT2D eigenvalue weighted by atomic mass is 10.1. The van der Waals surface area contributed by atoms with E-state index in [1.54, 1.807) is 40.0 Å². The van der Waals surface area contributed by atoms with Crippen molar-refractivity contribution >= 4 is 15.8 Å². The first kappa shape index (κ1) is 22.1. The number of ether oxygens (including phenoxy) is 1. The summed E-state index contributed by atoms with van der Waals surface area (Å²) in [6.45, 7) is 4.28. The number of guanidine groups is 1. The predicted molar refractivity (Wildman–Crippen MR) is 99.6 cm³/mol. The van der Waals surface area contributed by atoms with Crippen LogP contribution in [0.5, 0.6) is 5.75 Å². The average molecular weight is 391 g/mol. The molecule has 1 rings (SSSR count). The summed E-state index contributed by atoms with van der Waals surface area (Å²) in [5, 5.41) is 5.88. The summed E-state index contributed by atoms with van der Waals surface area (Å²) in [6.07, 6.45) is 0. The zero-order valence-corrected chi connectivity index (χ0v) is 16.6. The van der Waals surface area contributed by atoms with Gasteiger partial charge in [-0.3, -0.25) is 4.99 Å². The lowest BCUT2D eigenvalue weighted by Crippen LogP contribution is -2.41. The van der Waals surface area contributed by atoms with Gasteiger partial charge in [0.2, 0.25) is 0 Å². The molecule has 0 unspecified atom stereocenters. The number of halogens is 2. The van der Waals surface area contributed by atoms with Crippen LogP contribution in [-0.4, -0.2) is 45.1 Å². The molecule has 0 aliphatic rings. The van der Waals surface area contributed by atoms with Crippen LogP contribution in [0.15, 0.2) is 23.2 Å². The highest BCUT2D eigenvalue weighted by molar-refractivity contribution is 7.92. The maximum absolute atomic E-state index is 12.5. The Morgan fingerprint density at radius 1 is 1.27 bits per heavy atom. The molecule has 0 spiro atoms. The van der Waals surface area contributed by atoms with Crippen LogP contribution in [0.3, 0.4) is 0 Å². The zero-order valence-electron chi connectivity index (χ0n) is 15.8. The number of aliphatic imine (C=N–C) groups is 1. The molecule has 0 radical (unpaired) electrons. The third-order valence-electron chi connectivity index (χ3n) is 3.70. The van der Waals surface area contributed by atoms with Crippen molar-refractivity contribution in [1.29, 1.82) is 0 Å². The SMILES string of the molecule is CN=C(NCCS(=O)(=O)C(C)(C)C)NCc1cc(C)ccc1OC(F)F. The smallest absolute Gasteiger partial charge is 0.387 e. The van der Waals surface area contributed by atoms with Crippen molar-refractivity contribution in [1.82, 2.24) is 10.6 Å². The van der Waals surface area contributed by atoms with Gasteiger partial charge < -0.3 is 15.4 Å². The quantitative estimate of drug-likeness (QED) is 0.551. The Labute approximate surface area is 154 Å². The largest absolute Gasteiger partial charge is 0.434 e. The highest BCUT2D eigenvalue weighted by Crippen LogP contribution is 2.22. The molecule has 0 saturated carbocycles. The molecule has 0 fully saturated rings. The van der Waals surface area contributed by atoms with E-state index in [1.807, 2.05) is 6.92 Å². The number of nitrogens with zero attached hydrogens (tertiary/aromatic N) is 1. The van der Waals surface area contributed by atoms with Gasteiger partial charge in [0, 0.05) is 25.7 Å². The lowest BCUT2D eigenvalue weighted by Gasteiger charge is -2.20. The third kappa shape index (κ3) is 6.78. The number of benzene rings is 1. The number of aryl methyl sites for hydroxylation is 1. The Kier molecular flexibility index (Phi) is 7.80. The molecule has 2 N–H and O–H groups in total. The summed E-state index contributed by atoms with van der Waals surface area (Å²) >= 11 is 0. The number of sulfone groups is 1. The van der Waals surface area contributed by atoms with Crippen molar-refractivity contribution in [3.8, 4) is 5.75 Å². The molecule has 1 aromatic carbocycles. The minimum Gasteiger partial charge on any atom is -0.434 e. The van der Waals surface area contributed by atoms with Crippen molar-refractivity contribution < 1.29 is 21.9 Å². The number of rotatable bonds is 7. The fourth-order valence-electron chi connectivity index (χ4n) is 2.07. The molecule has 0 atom stereocenters. The summed E-state index contributed by atoms with van der Waals surface area (Å²) in [7, 11) is -1.70. The van der Waals surface area contributed by atoms with E-state index >= 15 is 0 Å². The Morgan fingerprint density at radius 3 is 2.46 bits per heavy atom. The number of hydrogen-bond acceptors (Lipinski definition) is 4. The van der Waals surface area contributed by atoms with Crippen LogP contribution in [0.2, 0.25) is 0 Å². The van der Waals surface area contributed by atoms with E-state index in [2.05, 4.69) is 20.4 Å². The molecule has 0 aliphatic carbocycles. The van der Waals surface area contributed by atoms with Crippen LogP contribution in [-0.2, 0) is 16.4 Å². The molecule has 0 saturated heterocycles. The molecule has 0 aliphatic heterocycles. The van der Waals surface area contributed by atoms with Gasteiger partial charge in [-0.1, -0.05) is 17.7 Å². The first-order valence-electron chi connectivity index (χ1n) is 8.17. The fraction of sp³-hybridized carbons (Fsp3) is 0.588. The summed E-state index contributed by atoms with van der Waals surface area (Å²) in [6, 6.07) is 4.91. The Balaban J connectivity index is 2.67. The van der Waals surface area contributed by atoms with Gasteiger partial charge in [-0.15, -0.1) is 0 Å². The van der Waals surface area contributed by atoms with Crippen LogP contribution in [0, 0.1) is 6.92 Å². The summed E-state index contributed by atoms with van der Waals surface area (Å²) in [5.41, 5.74) is 1.46. The Hall–Kier alpha value is -1.90. The van der Waals surface area contributed by atoms with Crippen molar-refractivity contribution in [2.24, 2.45) is 4.99 Å². The zero-order chi connectivity index (χ0) is 20.0. The average Bonchev–Trinajstić information content (AvgIpc) is 2.51. The second-order valence-corrected chi connectivity index (χ2v) is 9.64. The van der Waals surface area contributed by atoms with E-state index in [0.717, 1.165) is 5.56 Å². The van der Waals surface area contributed by atoms with E-state index in [1.165, 1.54) is 6.07 Å². The van der Waals surface area contributed by atoms with Crippen molar-refractivity contribution in [2.75, 3.05) is 19.3 Å². The second kappa shape index (κ2) is 9.16. The molecule has 0 heterocycles. The second-order valence-electron chi connectivity index (χ2n) is 6.77.